The van der Waals surface area contributed by atoms with Crippen LogP contribution in [0.4, 0.5) is 4.39 Å². The molecule has 6 nitrogen and oxygen atoms in total. The average Bonchev–Trinajstić information content (AvgIpc) is 3.40. The van der Waals surface area contributed by atoms with Crippen LogP contribution in [0.5, 0.6) is 0 Å². The molecule has 4 rings (SSSR count). The minimum atomic E-state index is -0.284. The van der Waals surface area contributed by atoms with Gasteiger partial charge in [0.25, 0.3) is 0 Å². The Bertz CT molecular complexity index is 950. The lowest BCUT2D eigenvalue weighted by molar-refractivity contribution is -0.123. The number of nitrogens with one attached hydrogen (secondary N) is 1. The van der Waals surface area contributed by atoms with Crippen LogP contribution in [0.3, 0.4) is 0 Å². The average molecular weight is 429 g/mol. The number of thiophene rings is 1. The highest BCUT2D eigenvalue weighted by atomic mass is 32.1. The van der Waals surface area contributed by atoms with Gasteiger partial charge in [-0.3, -0.25) is 14.6 Å². The van der Waals surface area contributed by atoms with Gasteiger partial charge in [-0.15, -0.1) is 11.3 Å². The highest BCUT2D eigenvalue weighted by Gasteiger charge is 2.23. The molecule has 2 aromatic heterocycles. The van der Waals surface area contributed by atoms with Crippen molar-refractivity contribution in [3.63, 3.8) is 0 Å². The zero-order chi connectivity index (χ0) is 20.9. The van der Waals surface area contributed by atoms with E-state index in [4.69, 9.17) is 4.52 Å². The van der Waals surface area contributed by atoms with Crippen LogP contribution >= 0.6 is 11.3 Å². The van der Waals surface area contributed by atoms with Gasteiger partial charge in [0, 0.05) is 43.7 Å². The first kappa shape index (κ1) is 20.7. The Labute approximate surface area is 179 Å². The number of aryl methyl sites for hydroxylation is 1. The number of rotatable bonds is 7. The van der Waals surface area contributed by atoms with Gasteiger partial charge in [0.1, 0.15) is 11.6 Å². The van der Waals surface area contributed by atoms with Gasteiger partial charge in [-0.1, -0.05) is 23.4 Å². The van der Waals surface area contributed by atoms with Crippen molar-refractivity contribution in [3.05, 3.63) is 75.6 Å². The summed E-state index contributed by atoms with van der Waals surface area (Å²) >= 11 is 1.58. The van der Waals surface area contributed by atoms with Crippen molar-refractivity contribution in [2.75, 3.05) is 32.7 Å². The van der Waals surface area contributed by atoms with Crippen LogP contribution in [0, 0.1) is 12.7 Å². The van der Waals surface area contributed by atoms with Crippen molar-refractivity contribution >= 4 is 17.2 Å². The lowest BCUT2D eigenvalue weighted by Crippen LogP contribution is -2.49. The number of amides is 1. The standard InChI is InChI=1S/C22H25FN4O2S/c1-16-13-19(25-29-16)14-26-8-10-27(11-9-26)15-21(28)24-22(20-3-2-12-30-20)17-4-6-18(23)7-5-17/h2-7,12-13,22H,8-11,14-15H2,1H3,(H,24,28). The van der Waals surface area contributed by atoms with Crippen LogP contribution < -0.4 is 5.32 Å². The molecule has 0 bridgehead atoms. The second kappa shape index (κ2) is 9.51. The van der Waals surface area contributed by atoms with Crippen LogP contribution in [0.15, 0.2) is 52.4 Å². The van der Waals surface area contributed by atoms with Gasteiger partial charge in [-0.2, -0.15) is 0 Å². The smallest absolute Gasteiger partial charge is 0.234 e. The summed E-state index contributed by atoms with van der Waals surface area (Å²) in [4.78, 5) is 18.3. The first-order valence-electron chi connectivity index (χ1n) is 10.0. The van der Waals surface area contributed by atoms with Crippen LogP contribution in [-0.4, -0.2) is 53.6 Å². The number of hydrogen-bond acceptors (Lipinski definition) is 6. The first-order chi connectivity index (χ1) is 14.6. The highest BCUT2D eigenvalue weighted by Crippen LogP contribution is 2.26. The molecule has 1 unspecified atom stereocenters. The molecular formula is C22H25FN4O2S. The number of nitrogens with zero attached hydrogens (tertiary/aromatic N) is 3. The summed E-state index contributed by atoms with van der Waals surface area (Å²) in [6, 6.07) is 11.9. The molecular weight excluding hydrogens is 403 g/mol. The molecule has 3 heterocycles. The Morgan fingerprint density at radius 2 is 1.93 bits per heavy atom. The third-order valence-corrected chi connectivity index (χ3v) is 6.17. The lowest BCUT2D eigenvalue weighted by atomic mass is 10.1. The van der Waals surface area contributed by atoms with Gasteiger partial charge in [-0.25, -0.2) is 4.39 Å². The second-order valence-corrected chi connectivity index (χ2v) is 8.53. The molecule has 1 saturated heterocycles. The second-order valence-electron chi connectivity index (χ2n) is 7.55. The SMILES string of the molecule is Cc1cc(CN2CCN(CC(=O)NC(c3ccc(F)cc3)c3cccs3)CC2)no1. The van der Waals surface area contributed by atoms with Gasteiger partial charge in [-0.05, 0) is 36.1 Å². The third-order valence-electron chi connectivity index (χ3n) is 5.23. The molecule has 1 aliphatic heterocycles. The number of carbonyl (C=O) groups is 1. The molecule has 0 saturated carbocycles. The van der Waals surface area contributed by atoms with E-state index in [1.165, 1.54) is 12.1 Å². The van der Waals surface area contributed by atoms with Crippen LogP contribution in [0.1, 0.15) is 27.9 Å². The van der Waals surface area contributed by atoms with Crippen LogP contribution in [0.25, 0.3) is 0 Å². The molecule has 3 aromatic rings. The molecule has 0 radical (unpaired) electrons. The lowest BCUT2D eigenvalue weighted by Gasteiger charge is -2.34. The maximum atomic E-state index is 13.3. The third kappa shape index (κ3) is 5.33. The van der Waals surface area contributed by atoms with E-state index in [-0.39, 0.29) is 17.8 Å². The molecule has 1 atom stereocenters. The molecule has 0 spiro atoms. The Morgan fingerprint density at radius 1 is 1.20 bits per heavy atom. The quantitative estimate of drug-likeness (QED) is 0.626. The Kier molecular flexibility index (Phi) is 6.56. The Balaban J connectivity index is 1.31. The summed E-state index contributed by atoms with van der Waals surface area (Å²) in [5.41, 5.74) is 1.82. The summed E-state index contributed by atoms with van der Waals surface area (Å²) in [5.74, 6) is 0.508. The molecule has 1 amide bonds. The van der Waals surface area contributed by atoms with Crippen LogP contribution in [0.2, 0.25) is 0 Å². The van der Waals surface area contributed by atoms with E-state index >= 15 is 0 Å². The van der Waals surface area contributed by atoms with Crippen molar-refractivity contribution < 1.29 is 13.7 Å². The predicted molar refractivity (Wildman–Crippen MR) is 114 cm³/mol. The number of aromatic nitrogens is 1. The van der Waals surface area contributed by atoms with Gasteiger partial charge >= 0.3 is 0 Å². The minimum Gasteiger partial charge on any atom is -0.361 e. The summed E-state index contributed by atoms with van der Waals surface area (Å²) < 4.78 is 18.5. The predicted octanol–water partition coefficient (Wildman–Crippen LogP) is 3.21. The van der Waals surface area contributed by atoms with Crippen LogP contribution in [-0.2, 0) is 11.3 Å². The minimum absolute atomic E-state index is 0.0294. The fourth-order valence-corrected chi connectivity index (χ4v) is 4.47. The van der Waals surface area contributed by atoms with Gasteiger partial charge in [0.15, 0.2) is 0 Å². The van der Waals surface area contributed by atoms with Crippen molar-refractivity contribution in [1.82, 2.24) is 20.3 Å². The van der Waals surface area contributed by atoms with Crippen molar-refractivity contribution in [2.45, 2.75) is 19.5 Å². The van der Waals surface area contributed by atoms with Crippen molar-refractivity contribution in [1.29, 1.82) is 0 Å². The molecule has 1 aromatic carbocycles. The van der Waals surface area contributed by atoms with E-state index in [9.17, 15) is 9.18 Å². The van der Waals surface area contributed by atoms with Gasteiger partial charge < -0.3 is 9.84 Å². The summed E-state index contributed by atoms with van der Waals surface area (Å²) in [7, 11) is 0. The molecule has 8 heteroatoms. The van der Waals surface area contributed by atoms with E-state index in [2.05, 4.69) is 20.3 Å². The molecule has 1 fully saturated rings. The summed E-state index contributed by atoms with van der Waals surface area (Å²) in [5, 5.41) is 9.16. The summed E-state index contributed by atoms with van der Waals surface area (Å²) in [6.07, 6.45) is 0. The number of carbonyl (C=O) groups excluding carboxylic acids is 1. The largest absolute Gasteiger partial charge is 0.361 e. The van der Waals surface area contributed by atoms with Gasteiger partial charge in [0.2, 0.25) is 5.91 Å². The monoisotopic (exact) mass is 428 g/mol. The molecule has 30 heavy (non-hydrogen) atoms. The zero-order valence-electron chi connectivity index (χ0n) is 16.9. The Morgan fingerprint density at radius 3 is 2.57 bits per heavy atom. The number of piperazine rings is 1. The first-order valence-corrected chi connectivity index (χ1v) is 10.9. The van der Waals surface area contributed by atoms with E-state index in [1.807, 2.05) is 30.5 Å². The Hall–Kier alpha value is -2.55. The summed E-state index contributed by atoms with van der Waals surface area (Å²) in [6.45, 7) is 6.41. The van der Waals surface area contributed by atoms with E-state index in [0.29, 0.717) is 6.54 Å². The maximum Gasteiger partial charge on any atom is 0.234 e. The fourth-order valence-electron chi connectivity index (χ4n) is 3.67. The van der Waals surface area contributed by atoms with Crippen molar-refractivity contribution in [2.24, 2.45) is 0 Å². The normalized spacial score (nSPS) is 16.5. The zero-order valence-corrected chi connectivity index (χ0v) is 17.7. The molecule has 158 valence electrons. The number of hydrogen-bond donors (Lipinski definition) is 1. The molecule has 1 aliphatic rings. The highest BCUT2D eigenvalue weighted by molar-refractivity contribution is 7.10. The van der Waals surface area contributed by atoms with E-state index in [0.717, 1.165) is 54.6 Å². The maximum absolute atomic E-state index is 13.3. The fraction of sp³-hybridized carbons (Fsp3) is 0.364. The van der Waals surface area contributed by atoms with E-state index in [1.54, 1.807) is 23.5 Å². The van der Waals surface area contributed by atoms with Crippen molar-refractivity contribution in [3.8, 4) is 0 Å². The topological polar surface area (TPSA) is 61.6 Å². The molecule has 0 aliphatic carbocycles. The van der Waals surface area contributed by atoms with E-state index < -0.39 is 0 Å². The number of benzene rings is 1. The number of halogens is 1. The van der Waals surface area contributed by atoms with Gasteiger partial charge in [0.05, 0.1) is 18.3 Å². The molecule has 1 N–H and O–H groups in total.